The number of carbonyl (C=O) groups excluding carboxylic acids is 1. The summed E-state index contributed by atoms with van der Waals surface area (Å²) in [7, 11) is 0. The summed E-state index contributed by atoms with van der Waals surface area (Å²) >= 11 is 0. The number of pyridine rings is 1. The Morgan fingerprint density at radius 1 is 1.58 bits per heavy atom. The van der Waals surface area contributed by atoms with Gasteiger partial charge in [0.2, 0.25) is 0 Å². The Kier molecular flexibility index (Phi) is 4.19. The van der Waals surface area contributed by atoms with Crippen LogP contribution in [0.5, 0.6) is 0 Å². The van der Waals surface area contributed by atoms with Crippen molar-refractivity contribution in [3.05, 3.63) is 36.5 Å². The van der Waals surface area contributed by atoms with Gasteiger partial charge in [-0.2, -0.15) is 5.10 Å². The fourth-order valence-electron chi connectivity index (χ4n) is 1.58. The zero-order chi connectivity index (χ0) is 13.7. The molecule has 7 nitrogen and oxygen atoms in total. The maximum atomic E-state index is 12.0. The number of aliphatic hydroxyl groups is 1. The van der Waals surface area contributed by atoms with Gasteiger partial charge in [0.1, 0.15) is 12.7 Å². The molecule has 0 aliphatic heterocycles. The summed E-state index contributed by atoms with van der Waals surface area (Å²) < 4.78 is 1.48. The lowest BCUT2D eigenvalue weighted by molar-refractivity contribution is 0.0934. The molecule has 0 fully saturated rings. The lowest BCUT2D eigenvalue weighted by Gasteiger charge is -2.12. The van der Waals surface area contributed by atoms with Crippen molar-refractivity contribution in [3.63, 3.8) is 0 Å². The predicted molar refractivity (Wildman–Crippen MR) is 67.8 cm³/mol. The minimum absolute atomic E-state index is 0.0436. The number of carbonyl (C=O) groups is 1. The van der Waals surface area contributed by atoms with Crippen molar-refractivity contribution in [2.24, 2.45) is 0 Å². The Morgan fingerprint density at radius 3 is 3.11 bits per heavy atom. The number of hydrogen-bond acceptors (Lipinski definition) is 5. The Balaban J connectivity index is 2.12. The predicted octanol–water partition coefficient (Wildman–Crippen LogP) is 0.163. The molecule has 1 atom stereocenters. The average Bonchev–Trinajstić information content (AvgIpc) is 2.93. The highest BCUT2D eigenvalue weighted by Crippen LogP contribution is 2.06. The Bertz CT molecular complexity index is 541. The van der Waals surface area contributed by atoms with Gasteiger partial charge < -0.3 is 10.4 Å². The van der Waals surface area contributed by atoms with Crippen LogP contribution in [0.2, 0.25) is 0 Å². The molecule has 0 aliphatic carbocycles. The zero-order valence-electron chi connectivity index (χ0n) is 10.5. The van der Waals surface area contributed by atoms with Gasteiger partial charge >= 0.3 is 0 Å². The molecule has 2 N–H and O–H groups in total. The summed E-state index contributed by atoms with van der Waals surface area (Å²) in [5.74, 6) is 0.324. The minimum Gasteiger partial charge on any atom is -0.396 e. The van der Waals surface area contributed by atoms with E-state index in [9.17, 15) is 4.79 Å². The van der Waals surface area contributed by atoms with Crippen LogP contribution in [0.15, 0.2) is 31.0 Å². The van der Waals surface area contributed by atoms with Crippen LogP contribution in [0.4, 0.5) is 0 Å². The first-order valence-corrected chi connectivity index (χ1v) is 5.93. The van der Waals surface area contributed by atoms with Gasteiger partial charge in [0, 0.05) is 24.4 Å². The summed E-state index contributed by atoms with van der Waals surface area (Å²) in [5.41, 5.74) is 0.491. The second-order valence-corrected chi connectivity index (χ2v) is 4.13. The van der Waals surface area contributed by atoms with E-state index in [1.54, 1.807) is 18.3 Å². The number of nitrogens with one attached hydrogen (secondary N) is 1. The molecule has 0 aliphatic rings. The van der Waals surface area contributed by atoms with E-state index in [4.69, 9.17) is 5.11 Å². The summed E-state index contributed by atoms with van der Waals surface area (Å²) in [4.78, 5) is 19.9. The Labute approximate surface area is 110 Å². The first-order chi connectivity index (χ1) is 9.20. The fraction of sp³-hybridized carbons (Fsp3) is 0.333. The van der Waals surface area contributed by atoms with Crippen LogP contribution < -0.4 is 5.32 Å². The number of amides is 1. The molecule has 0 bridgehead atoms. The molecule has 100 valence electrons. The molecule has 0 spiro atoms. The molecule has 1 amide bonds. The van der Waals surface area contributed by atoms with E-state index in [0.717, 1.165) is 0 Å². The Hall–Kier alpha value is -2.28. The normalized spacial score (nSPS) is 12.1. The maximum absolute atomic E-state index is 12.0. The second-order valence-electron chi connectivity index (χ2n) is 4.13. The van der Waals surface area contributed by atoms with Crippen LogP contribution in [-0.2, 0) is 0 Å². The van der Waals surface area contributed by atoms with E-state index in [2.05, 4.69) is 20.4 Å². The summed E-state index contributed by atoms with van der Waals surface area (Å²) in [6.07, 6.45) is 4.98. The molecule has 0 saturated heterocycles. The molecule has 0 radical (unpaired) electrons. The summed E-state index contributed by atoms with van der Waals surface area (Å²) in [6.45, 7) is 1.88. The van der Waals surface area contributed by atoms with Crippen molar-refractivity contribution in [1.29, 1.82) is 0 Å². The van der Waals surface area contributed by atoms with Crippen molar-refractivity contribution < 1.29 is 9.90 Å². The zero-order valence-corrected chi connectivity index (χ0v) is 10.5. The van der Waals surface area contributed by atoms with Crippen molar-refractivity contribution in [2.75, 3.05) is 6.61 Å². The van der Waals surface area contributed by atoms with Crippen molar-refractivity contribution in [3.8, 4) is 5.82 Å². The van der Waals surface area contributed by atoms with Gasteiger partial charge in [0.25, 0.3) is 5.91 Å². The van der Waals surface area contributed by atoms with E-state index < -0.39 is 0 Å². The summed E-state index contributed by atoms with van der Waals surface area (Å²) in [5, 5.41) is 15.6. The van der Waals surface area contributed by atoms with Crippen molar-refractivity contribution in [2.45, 2.75) is 19.4 Å². The topological polar surface area (TPSA) is 92.9 Å². The quantitative estimate of drug-likeness (QED) is 0.800. The third-order valence-electron chi connectivity index (χ3n) is 2.60. The van der Waals surface area contributed by atoms with E-state index in [-0.39, 0.29) is 18.6 Å². The van der Waals surface area contributed by atoms with Crippen molar-refractivity contribution >= 4 is 5.91 Å². The van der Waals surface area contributed by atoms with Crippen LogP contribution >= 0.6 is 0 Å². The smallest absolute Gasteiger partial charge is 0.251 e. The van der Waals surface area contributed by atoms with E-state index >= 15 is 0 Å². The van der Waals surface area contributed by atoms with Crippen LogP contribution in [0.1, 0.15) is 23.7 Å². The van der Waals surface area contributed by atoms with Crippen molar-refractivity contribution in [1.82, 2.24) is 25.1 Å². The molecule has 19 heavy (non-hydrogen) atoms. The lowest BCUT2D eigenvalue weighted by Crippen LogP contribution is -2.33. The van der Waals surface area contributed by atoms with Gasteiger partial charge in [-0.3, -0.25) is 4.79 Å². The molecule has 0 saturated carbocycles. The number of hydrogen-bond donors (Lipinski definition) is 2. The van der Waals surface area contributed by atoms with E-state index in [1.807, 2.05) is 6.92 Å². The van der Waals surface area contributed by atoms with Crippen LogP contribution in [0.25, 0.3) is 5.82 Å². The van der Waals surface area contributed by atoms with Gasteiger partial charge in [-0.05, 0) is 25.5 Å². The number of nitrogens with zero attached hydrogens (tertiary/aromatic N) is 4. The maximum Gasteiger partial charge on any atom is 0.251 e. The Morgan fingerprint density at radius 2 is 2.42 bits per heavy atom. The SMILES string of the molecule is CC(CCO)NC(=O)c1ccnc(-n2cncn2)c1. The fourth-order valence-corrected chi connectivity index (χ4v) is 1.58. The molecule has 7 heteroatoms. The largest absolute Gasteiger partial charge is 0.396 e. The monoisotopic (exact) mass is 261 g/mol. The standard InChI is InChI=1S/C12H15N5O2/c1-9(3-5-18)16-12(19)10-2-4-14-11(6-10)17-8-13-7-15-17/h2,4,6-9,18H,3,5H2,1H3,(H,16,19). The van der Waals surface area contributed by atoms with Crippen LogP contribution in [0.3, 0.4) is 0 Å². The molecule has 2 aromatic rings. The molecule has 2 aromatic heterocycles. The van der Waals surface area contributed by atoms with Crippen LogP contribution in [0, 0.1) is 0 Å². The minimum atomic E-state index is -0.204. The highest BCUT2D eigenvalue weighted by molar-refractivity contribution is 5.94. The first-order valence-electron chi connectivity index (χ1n) is 5.93. The van der Waals surface area contributed by atoms with Gasteiger partial charge in [-0.25, -0.2) is 14.6 Å². The molecular weight excluding hydrogens is 246 g/mol. The highest BCUT2D eigenvalue weighted by Gasteiger charge is 2.11. The van der Waals surface area contributed by atoms with Gasteiger partial charge in [0.15, 0.2) is 5.82 Å². The highest BCUT2D eigenvalue weighted by atomic mass is 16.3. The second kappa shape index (κ2) is 6.05. The number of aliphatic hydroxyl groups excluding tert-OH is 1. The third kappa shape index (κ3) is 3.35. The van der Waals surface area contributed by atoms with Crippen LogP contribution in [-0.4, -0.2) is 43.4 Å². The molecule has 2 rings (SSSR count). The lowest BCUT2D eigenvalue weighted by atomic mass is 10.2. The number of rotatable bonds is 5. The van der Waals surface area contributed by atoms with Gasteiger partial charge in [0.05, 0.1) is 0 Å². The molecule has 1 unspecified atom stereocenters. The van der Waals surface area contributed by atoms with E-state index in [0.29, 0.717) is 17.8 Å². The first kappa shape index (κ1) is 13.2. The van der Waals surface area contributed by atoms with Gasteiger partial charge in [-0.15, -0.1) is 0 Å². The molecule has 0 aromatic carbocycles. The number of aromatic nitrogens is 4. The molecular formula is C12H15N5O2. The molecule has 2 heterocycles. The van der Waals surface area contributed by atoms with Gasteiger partial charge in [-0.1, -0.05) is 0 Å². The summed E-state index contributed by atoms with van der Waals surface area (Å²) in [6, 6.07) is 3.18. The third-order valence-corrected chi connectivity index (χ3v) is 2.60. The van der Waals surface area contributed by atoms with E-state index in [1.165, 1.54) is 17.3 Å². The average molecular weight is 261 g/mol.